The molecule has 1 aromatic heterocycles. The number of halogens is 3. The summed E-state index contributed by atoms with van der Waals surface area (Å²) in [4.78, 5) is -0.414. The van der Waals surface area contributed by atoms with Gasteiger partial charge in [-0.1, -0.05) is 18.2 Å². The number of hydrogen-bond acceptors (Lipinski definition) is 8. The summed E-state index contributed by atoms with van der Waals surface area (Å²) in [6.45, 7) is 0.900. The summed E-state index contributed by atoms with van der Waals surface area (Å²) in [5, 5.41) is 21.3. The van der Waals surface area contributed by atoms with Crippen molar-refractivity contribution in [3.8, 4) is 17.4 Å². The fourth-order valence-electron chi connectivity index (χ4n) is 3.68. The van der Waals surface area contributed by atoms with E-state index in [1.807, 2.05) is 6.07 Å². The molecule has 39 heavy (non-hydrogen) atoms. The van der Waals surface area contributed by atoms with Gasteiger partial charge in [0.15, 0.2) is 0 Å². The number of benzene rings is 3. The lowest BCUT2D eigenvalue weighted by Gasteiger charge is -2.15. The molecule has 10 nitrogen and oxygen atoms in total. The number of nitrogens with one attached hydrogen (secondary N) is 3. The van der Waals surface area contributed by atoms with E-state index in [1.54, 1.807) is 24.3 Å². The maximum Gasteiger partial charge on any atom is 0.573 e. The number of aromatic amines is 1. The van der Waals surface area contributed by atoms with Crippen LogP contribution in [0.1, 0.15) is 11.7 Å². The zero-order valence-electron chi connectivity index (χ0n) is 20.5. The molecule has 0 unspecified atom stereocenters. The van der Waals surface area contributed by atoms with Gasteiger partial charge in [-0.2, -0.15) is 0 Å². The van der Waals surface area contributed by atoms with Gasteiger partial charge in [-0.3, -0.25) is 9.82 Å². The molecule has 0 saturated heterocycles. The summed E-state index contributed by atoms with van der Waals surface area (Å²) < 4.78 is 79.8. The number of sulfonamides is 1. The second kappa shape index (κ2) is 11.8. The minimum atomic E-state index is -4.95. The van der Waals surface area contributed by atoms with E-state index >= 15 is 0 Å². The summed E-state index contributed by atoms with van der Waals surface area (Å²) >= 11 is 0. The van der Waals surface area contributed by atoms with E-state index in [-0.39, 0.29) is 12.2 Å². The Morgan fingerprint density at radius 2 is 1.85 bits per heavy atom. The average molecular weight is 567 g/mol. The number of H-pyrrole nitrogens is 1. The number of aromatic nitrogens is 2. The number of anilines is 1. The molecule has 0 aliphatic carbocycles. The number of methoxy groups -OCH3 is 1. The molecule has 0 amide bonds. The fourth-order valence-corrected chi connectivity index (χ4v) is 4.76. The fraction of sp³-hybridized carbons (Fsp3) is 0.240. The maximum absolute atomic E-state index is 12.7. The molecular weight excluding hydrogens is 541 g/mol. The number of fused-ring (bicyclic) bond motifs is 1. The first-order chi connectivity index (χ1) is 18.5. The van der Waals surface area contributed by atoms with Crippen LogP contribution in [-0.2, 0) is 10.0 Å². The van der Waals surface area contributed by atoms with Crippen molar-refractivity contribution in [2.24, 2.45) is 0 Å². The Balaban J connectivity index is 1.29. The van der Waals surface area contributed by atoms with Gasteiger partial charge in [0.05, 0.1) is 29.0 Å². The Labute approximate surface area is 221 Å². The van der Waals surface area contributed by atoms with Crippen molar-refractivity contribution in [1.82, 2.24) is 15.5 Å². The van der Waals surface area contributed by atoms with Crippen LogP contribution in [0.4, 0.5) is 18.9 Å². The number of hydrogen-bond donors (Lipinski definition) is 4. The second-order valence-corrected chi connectivity index (χ2v) is 9.94. The highest BCUT2D eigenvalue weighted by Gasteiger charge is 2.31. The quantitative estimate of drug-likeness (QED) is 0.189. The van der Waals surface area contributed by atoms with Crippen molar-refractivity contribution in [1.29, 1.82) is 0 Å². The molecule has 0 fully saturated rings. The van der Waals surface area contributed by atoms with Crippen LogP contribution in [0, 0.1) is 0 Å². The Hall–Kier alpha value is -4.01. The first kappa shape index (κ1) is 28.0. The van der Waals surface area contributed by atoms with Gasteiger partial charge in [0.2, 0.25) is 5.88 Å². The van der Waals surface area contributed by atoms with E-state index < -0.39 is 33.1 Å². The summed E-state index contributed by atoms with van der Waals surface area (Å²) in [5.41, 5.74) is 1.32. The van der Waals surface area contributed by atoms with Crippen LogP contribution in [0.25, 0.3) is 10.9 Å². The van der Waals surface area contributed by atoms with Crippen LogP contribution in [0.15, 0.2) is 71.6 Å². The van der Waals surface area contributed by atoms with Gasteiger partial charge >= 0.3 is 6.36 Å². The minimum Gasteiger partial charge on any atom is -0.492 e. The third kappa shape index (κ3) is 7.52. The zero-order chi connectivity index (χ0) is 28.0. The van der Waals surface area contributed by atoms with Gasteiger partial charge in [0, 0.05) is 30.9 Å². The predicted molar refractivity (Wildman–Crippen MR) is 136 cm³/mol. The van der Waals surface area contributed by atoms with E-state index in [9.17, 15) is 26.7 Å². The normalized spacial score (nSPS) is 12.7. The lowest BCUT2D eigenvalue weighted by molar-refractivity contribution is -0.274. The molecule has 0 bridgehead atoms. The van der Waals surface area contributed by atoms with Gasteiger partial charge in [-0.05, 0) is 42.0 Å². The molecule has 4 N–H and O–H groups in total. The average Bonchev–Trinajstić information content (AvgIpc) is 3.30. The van der Waals surface area contributed by atoms with Crippen LogP contribution in [0.5, 0.6) is 17.4 Å². The molecule has 208 valence electrons. The van der Waals surface area contributed by atoms with Gasteiger partial charge in [0.25, 0.3) is 10.0 Å². The predicted octanol–water partition coefficient (Wildman–Crippen LogP) is 3.97. The number of ether oxygens (including phenoxy) is 3. The van der Waals surface area contributed by atoms with Crippen LogP contribution in [-0.4, -0.2) is 56.9 Å². The number of rotatable bonds is 12. The molecule has 4 rings (SSSR count). The molecule has 0 saturated carbocycles. The Kier molecular flexibility index (Phi) is 8.47. The molecular formula is C25H25F3N4O6S. The molecule has 1 atom stereocenters. The largest absolute Gasteiger partial charge is 0.573 e. The van der Waals surface area contributed by atoms with Crippen molar-refractivity contribution >= 4 is 26.6 Å². The SMILES string of the molecule is COc1n[nH]c2cc(OCCNC[C@H](O)c3cccc(NS(=O)(=O)c4cccc(OC(F)(F)F)c4)c3)ccc12. The molecule has 0 spiro atoms. The molecule has 4 aromatic rings. The summed E-state index contributed by atoms with van der Waals surface area (Å²) in [5.74, 6) is 0.465. The van der Waals surface area contributed by atoms with E-state index in [0.29, 0.717) is 30.3 Å². The molecule has 0 aliphatic rings. The van der Waals surface area contributed by atoms with Crippen LogP contribution < -0.4 is 24.2 Å². The minimum absolute atomic E-state index is 0.128. The Bertz CT molecular complexity index is 1530. The summed E-state index contributed by atoms with van der Waals surface area (Å²) in [7, 11) is -2.69. The smallest absolute Gasteiger partial charge is 0.492 e. The van der Waals surface area contributed by atoms with Gasteiger partial charge in [-0.25, -0.2) is 8.42 Å². The van der Waals surface area contributed by atoms with E-state index in [1.165, 1.54) is 19.2 Å². The van der Waals surface area contributed by atoms with Crippen LogP contribution in [0.2, 0.25) is 0 Å². The molecule has 14 heteroatoms. The van der Waals surface area contributed by atoms with Gasteiger partial charge < -0.3 is 24.6 Å². The highest BCUT2D eigenvalue weighted by molar-refractivity contribution is 7.92. The number of alkyl halides is 3. The van der Waals surface area contributed by atoms with Crippen LogP contribution in [0.3, 0.4) is 0 Å². The molecule has 1 heterocycles. The third-order valence-corrected chi connectivity index (χ3v) is 6.83. The van der Waals surface area contributed by atoms with Crippen molar-refractivity contribution < 1.29 is 40.9 Å². The number of aliphatic hydroxyl groups is 1. The Morgan fingerprint density at radius 1 is 1.05 bits per heavy atom. The summed E-state index contributed by atoms with van der Waals surface area (Å²) in [6.07, 6.45) is -5.92. The lowest BCUT2D eigenvalue weighted by Crippen LogP contribution is -2.26. The summed E-state index contributed by atoms with van der Waals surface area (Å²) in [6, 6.07) is 15.5. The molecule has 0 aliphatic heterocycles. The first-order valence-corrected chi connectivity index (χ1v) is 13.0. The molecule has 0 radical (unpaired) electrons. The van der Waals surface area contributed by atoms with Crippen molar-refractivity contribution in [2.75, 3.05) is 31.5 Å². The second-order valence-electron chi connectivity index (χ2n) is 8.26. The van der Waals surface area contributed by atoms with Crippen molar-refractivity contribution in [2.45, 2.75) is 17.4 Å². The van der Waals surface area contributed by atoms with Gasteiger partial charge in [0.1, 0.15) is 18.1 Å². The van der Waals surface area contributed by atoms with Crippen molar-refractivity contribution in [3.63, 3.8) is 0 Å². The van der Waals surface area contributed by atoms with E-state index in [4.69, 9.17) is 9.47 Å². The number of aliphatic hydroxyl groups excluding tert-OH is 1. The van der Waals surface area contributed by atoms with E-state index in [2.05, 4.69) is 25.0 Å². The third-order valence-electron chi connectivity index (χ3n) is 5.45. The highest BCUT2D eigenvalue weighted by atomic mass is 32.2. The van der Waals surface area contributed by atoms with E-state index in [0.717, 1.165) is 35.2 Å². The highest BCUT2D eigenvalue weighted by Crippen LogP contribution is 2.27. The Morgan fingerprint density at radius 3 is 2.62 bits per heavy atom. The van der Waals surface area contributed by atoms with Crippen molar-refractivity contribution in [3.05, 3.63) is 72.3 Å². The standard InChI is InChI=1S/C25H25F3N4O6S/c1-36-24-21-9-8-18(14-22(21)30-31-24)37-11-10-29-15-23(33)16-4-2-5-17(12-16)32-39(34,35)20-7-3-6-19(13-20)38-25(26,27)28/h2-9,12-14,23,29,32-33H,10-11,15H2,1H3,(H,30,31)/t23-/m0/s1. The van der Waals surface area contributed by atoms with Crippen LogP contribution >= 0.6 is 0 Å². The lowest BCUT2D eigenvalue weighted by atomic mass is 10.1. The first-order valence-electron chi connectivity index (χ1n) is 11.6. The zero-order valence-corrected chi connectivity index (χ0v) is 21.3. The van der Waals surface area contributed by atoms with Gasteiger partial charge in [-0.15, -0.1) is 18.3 Å². The molecule has 3 aromatic carbocycles. The topological polar surface area (TPSA) is 135 Å². The number of nitrogens with zero attached hydrogens (tertiary/aromatic N) is 1. The maximum atomic E-state index is 12.7. The monoisotopic (exact) mass is 566 g/mol.